The highest BCUT2D eigenvalue weighted by Crippen LogP contribution is 2.25. The standard InChI is InChI=1S/C8H10N2OS/c11-7-6(2-1-3-9-7)8-10-4-5-12-8/h4-6H,1-3H2,(H,9,11). The lowest BCUT2D eigenvalue weighted by atomic mass is 10.00. The summed E-state index contributed by atoms with van der Waals surface area (Å²) in [5.74, 6) is 0.148. The smallest absolute Gasteiger partial charge is 0.230 e. The van der Waals surface area contributed by atoms with E-state index in [1.165, 1.54) is 0 Å². The highest BCUT2D eigenvalue weighted by atomic mass is 32.1. The molecule has 1 unspecified atom stereocenters. The molecule has 2 rings (SSSR count). The van der Waals surface area contributed by atoms with Crippen molar-refractivity contribution in [3.8, 4) is 0 Å². The van der Waals surface area contributed by atoms with E-state index in [-0.39, 0.29) is 11.8 Å². The van der Waals surface area contributed by atoms with Crippen LogP contribution in [-0.2, 0) is 4.79 Å². The van der Waals surface area contributed by atoms with E-state index in [1.807, 2.05) is 5.38 Å². The van der Waals surface area contributed by atoms with Gasteiger partial charge in [-0.1, -0.05) is 0 Å². The Labute approximate surface area is 74.8 Å². The molecule has 0 aromatic carbocycles. The van der Waals surface area contributed by atoms with Crippen LogP contribution < -0.4 is 5.32 Å². The maximum atomic E-state index is 11.3. The van der Waals surface area contributed by atoms with Crippen molar-refractivity contribution >= 4 is 17.2 Å². The normalized spacial score (nSPS) is 23.7. The van der Waals surface area contributed by atoms with Crippen molar-refractivity contribution < 1.29 is 4.79 Å². The molecule has 1 N–H and O–H groups in total. The van der Waals surface area contributed by atoms with Crippen LogP contribution in [0.25, 0.3) is 0 Å². The number of amides is 1. The molecule has 0 saturated carbocycles. The molecule has 1 aromatic rings. The van der Waals surface area contributed by atoms with E-state index in [9.17, 15) is 4.79 Å². The van der Waals surface area contributed by atoms with Crippen molar-refractivity contribution in [1.82, 2.24) is 10.3 Å². The van der Waals surface area contributed by atoms with E-state index >= 15 is 0 Å². The van der Waals surface area contributed by atoms with Crippen LogP contribution in [0.5, 0.6) is 0 Å². The second kappa shape index (κ2) is 3.23. The van der Waals surface area contributed by atoms with E-state index in [1.54, 1.807) is 17.5 Å². The van der Waals surface area contributed by atoms with Gasteiger partial charge in [0.25, 0.3) is 0 Å². The Balaban J connectivity index is 2.17. The third-order valence-electron chi connectivity index (χ3n) is 2.03. The van der Waals surface area contributed by atoms with Crippen LogP contribution in [0.3, 0.4) is 0 Å². The second-order valence-corrected chi connectivity index (χ2v) is 3.78. The summed E-state index contributed by atoms with van der Waals surface area (Å²) in [6.07, 6.45) is 3.76. The maximum Gasteiger partial charge on any atom is 0.230 e. The SMILES string of the molecule is O=C1NCCCC1c1nccs1. The molecule has 3 nitrogen and oxygen atoms in total. The monoisotopic (exact) mass is 182 g/mol. The summed E-state index contributed by atoms with van der Waals surface area (Å²) in [6, 6.07) is 0. The minimum atomic E-state index is 0.0127. The van der Waals surface area contributed by atoms with Crippen LogP contribution in [0, 0.1) is 0 Å². The van der Waals surface area contributed by atoms with Gasteiger partial charge in [0, 0.05) is 18.1 Å². The van der Waals surface area contributed by atoms with Gasteiger partial charge in [-0.3, -0.25) is 4.79 Å². The van der Waals surface area contributed by atoms with Gasteiger partial charge in [-0.15, -0.1) is 11.3 Å². The van der Waals surface area contributed by atoms with Crippen LogP contribution in [0.4, 0.5) is 0 Å². The zero-order valence-electron chi connectivity index (χ0n) is 6.62. The lowest BCUT2D eigenvalue weighted by Crippen LogP contribution is -2.34. The largest absolute Gasteiger partial charge is 0.355 e. The van der Waals surface area contributed by atoms with Gasteiger partial charge in [0.2, 0.25) is 5.91 Å². The molecule has 1 amide bonds. The predicted octanol–water partition coefficient (Wildman–Crippen LogP) is 1.14. The molecule has 4 heteroatoms. The Morgan fingerprint density at radius 3 is 3.25 bits per heavy atom. The maximum absolute atomic E-state index is 11.3. The quantitative estimate of drug-likeness (QED) is 0.707. The molecule has 12 heavy (non-hydrogen) atoms. The van der Waals surface area contributed by atoms with Crippen LogP contribution >= 0.6 is 11.3 Å². The van der Waals surface area contributed by atoms with Gasteiger partial charge in [-0.2, -0.15) is 0 Å². The number of carbonyl (C=O) groups excluding carboxylic acids is 1. The fourth-order valence-corrected chi connectivity index (χ4v) is 2.19. The summed E-state index contributed by atoms with van der Waals surface area (Å²) in [5.41, 5.74) is 0. The number of nitrogens with zero attached hydrogens (tertiary/aromatic N) is 1. The average Bonchev–Trinajstić information content (AvgIpc) is 2.57. The van der Waals surface area contributed by atoms with Crippen molar-refractivity contribution in [1.29, 1.82) is 0 Å². The summed E-state index contributed by atoms with van der Waals surface area (Å²) in [6.45, 7) is 0.820. The molecule has 0 radical (unpaired) electrons. The molecular weight excluding hydrogens is 172 g/mol. The number of carbonyl (C=O) groups is 1. The molecule has 1 aliphatic heterocycles. The van der Waals surface area contributed by atoms with Crippen LogP contribution in [0.15, 0.2) is 11.6 Å². The van der Waals surface area contributed by atoms with E-state index in [0.29, 0.717) is 0 Å². The molecular formula is C8H10N2OS. The number of rotatable bonds is 1. The van der Waals surface area contributed by atoms with E-state index in [4.69, 9.17) is 0 Å². The van der Waals surface area contributed by atoms with Gasteiger partial charge in [0.15, 0.2) is 0 Å². The lowest BCUT2D eigenvalue weighted by Gasteiger charge is -2.19. The van der Waals surface area contributed by atoms with Crippen molar-refractivity contribution in [3.63, 3.8) is 0 Å². The van der Waals surface area contributed by atoms with Crippen LogP contribution in [0.2, 0.25) is 0 Å². The van der Waals surface area contributed by atoms with Crippen molar-refractivity contribution in [2.24, 2.45) is 0 Å². The molecule has 1 fully saturated rings. The molecule has 0 bridgehead atoms. The molecule has 0 spiro atoms. The zero-order chi connectivity index (χ0) is 8.39. The van der Waals surface area contributed by atoms with Gasteiger partial charge in [0.1, 0.15) is 5.01 Å². The topological polar surface area (TPSA) is 42.0 Å². The minimum Gasteiger partial charge on any atom is -0.355 e. The van der Waals surface area contributed by atoms with Gasteiger partial charge >= 0.3 is 0 Å². The molecule has 2 heterocycles. The number of hydrogen-bond donors (Lipinski definition) is 1. The van der Waals surface area contributed by atoms with Gasteiger partial charge < -0.3 is 5.32 Å². The van der Waals surface area contributed by atoms with Crippen molar-refractivity contribution in [2.45, 2.75) is 18.8 Å². The summed E-state index contributed by atoms with van der Waals surface area (Å²) in [7, 11) is 0. The highest BCUT2D eigenvalue weighted by molar-refractivity contribution is 7.09. The minimum absolute atomic E-state index is 0.0127. The van der Waals surface area contributed by atoms with E-state index in [2.05, 4.69) is 10.3 Å². The number of aromatic nitrogens is 1. The van der Waals surface area contributed by atoms with E-state index in [0.717, 1.165) is 24.4 Å². The number of nitrogens with one attached hydrogen (secondary N) is 1. The number of thiazole rings is 1. The Kier molecular flexibility index (Phi) is 2.08. The predicted molar refractivity (Wildman–Crippen MR) is 47.1 cm³/mol. The van der Waals surface area contributed by atoms with Crippen LogP contribution in [-0.4, -0.2) is 17.4 Å². The number of piperidine rings is 1. The summed E-state index contributed by atoms with van der Waals surface area (Å²) in [5, 5.41) is 5.71. The Morgan fingerprint density at radius 2 is 2.58 bits per heavy atom. The van der Waals surface area contributed by atoms with Gasteiger partial charge in [-0.05, 0) is 12.8 Å². The molecule has 1 aromatic heterocycles. The highest BCUT2D eigenvalue weighted by Gasteiger charge is 2.25. The second-order valence-electron chi connectivity index (χ2n) is 2.86. The first kappa shape index (κ1) is 7.73. The fourth-order valence-electron chi connectivity index (χ4n) is 1.41. The van der Waals surface area contributed by atoms with E-state index < -0.39 is 0 Å². The van der Waals surface area contributed by atoms with Crippen LogP contribution in [0.1, 0.15) is 23.8 Å². The Hall–Kier alpha value is -0.900. The molecule has 1 saturated heterocycles. The van der Waals surface area contributed by atoms with Gasteiger partial charge in [-0.25, -0.2) is 4.98 Å². The summed E-state index contributed by atoms with van der Waals surface area (Å²) < 4.78 is 0. The Morgan fingerprint density at radius 1 is 1.67 bits per heavy atom. The summed E-state index contributed by atoms with van der Waals surface area (Å²) >= 11 is 1.56. The molecule has 1 atom stereocenters. The first-order chi connectivity index (χ1) is 5.88. The first-order valence-electron chi connectivity index (χ1n) is 4.05. The molecule has 64 valence electrons. The average molecular weight is 182 g/mol. The first-order valence-corrected chi connectivity index (χ1v) is 4.93. The lowest BCUT2D eigenvalue weighted by molar-refractivity contribution is -0.123. The van der Waals surface area contributed by atoms with Crippen molar-refractivity contribution in [3.05, 3.63) is 16.6 Å². The molecule has 0 aliphatic carbocycles. The van der Waals surface area contributed by atoms with Gasteiger partial charge in [0.05, 0.1) is 5.92 Å². The molecule has 1 aliphatic rings. The fraction of sp³-hybridized carbons (Fsp3) is 0.500. The summed E-state index contributed by atoms with van der Waals surface area (Å²) in [4.78, 5) is 15.5. The Bertz CT molecular complexity index is 271. The zero-order valence-corrected chi connectivity index (χ0v) is 7.43. The van der Waals surface area contributed by atoms with Crippen molar-refractivity contribution in [2.75, 3.05) is 6.54 Å². The third-order valence-corrected chi connectivity index (χ3v) is 2.92. The third kappa shape index (κ3) is 1.34. The number of hydrogen-bond acceptors (Lipinski definition) is 3.